The average Bonchev–Trinajstić information content (AvgIpc) is 2.68. The first-order chi connectivity index (χ1) is 12.6. The van der Waals surface area contributed by atoms with E-state index in [1.807, 2.05) is 18.2 Å². The number of nitrogens with zero attached hydrogens (tertiary/aromatic N) is 2. The number of hydrogen-bond donors (Lipinski definition) is 1. The van der Waals surface area contributed by atoms with Crippen molar-refractivity contribution in [2.75, 3.05) is 31.1 Å². The van der Waals surface area contributed by atoms with Crippen LogP contribution < -0.4 is 10.2 Å². The van der Waals surface area contributed by atoms with Gasteiger partial charge in [0.1, 0.15) is 10.7 Å². The van der Waals surface area contributed by atoms with Gasteiger partial charge in [-0.3, -0.25) is 4.98 Å². The van der Waals surface area contributed by atoms with Gasteiger partial charge >= 0.3 is 0 Å². The number of benzene rings is 2. The summed E-state index contributed by atoms with van der Waals surface area (Å²) in [5, 5.41) is 4.03. The van der Waals surface area contributed by atoms with Gasteiger partial charge in [0.2, 0.25) is 9.84 Å². The minimum absolute atomic E-state index is 0.00689. The van der Waals surface area contributed by atoms with Gasteiger partial charge in [-0.1, -0.05) is 24.3 Å². The van der Waals surface area contributed by atoms with E-state index in [0.29, 0.717) is 0 Å². The summed E-state index contributed by atoms with van der Waals surface area (Å²) in [6.45, 7) is 3.54. The van der Waals surface area contributed by atoms with Crippen LogP contribution in [-0.4, -0.2) is 39.6 Å². The second-order valence-corrected chi connectivity index (χ2v) is 8.11. The van der Waals surface area contributed by atoms with Gasteiger partial charge in [0.05, 0.1) is 16.1 Å². The lowest BCUT2D eigenvalue weighted by Crippen LogP contribution is -2.43. The zero-order valence-electron chi connectivity index (χ0n) is 14.0. The second-order valence-electron chi connectivity index (χ2n) is 6.19. The van der Waals surface area contributed by atoms with Gasteiger partial charge in [-0.15, -0.1) is 0 Å². The summed E-state index contributed by atoms with van der Waals surface area (Å²) >= 11 is 0. The van der Waals surface area contributed by atoms with Crippen LogP contribution in [0.2, 0.25) is 0 Å². The molecule has 0 atom stereocenters. The molecule has 0 bridgehead atoms. The third-order valence-electron chi connectivity index (χ3n) is 4.56. The molecule has 7 heteroatoms. The second kappa shape index (κ2) is 6.66. The molecule has 1 aliphatic rings. The Hall–Kier alpha value is -2.51. The molecule has 1 saturated heterocycles. The van der Waals surface area contributed by atoms with Crippen molar-refractivity contribution in [2.24, 2.45) is 0 Å². The Kier molecular flexibility index (Phi) is 4.34. The minimum Gasteiger partial charge on any atom is -0.367 e. The van der Waals surface area contributed by atoms with Gasteiger partial charge in [0, 0.05) is 37.8 Å². The number of piperazine rings is 1. The molecule has 3 aromatic rings. The lowest BCUT2D eigenvalue weighted by atomic mass is 10.1. The lowest BCUT2D eigenvalue weighted by molar-refractivity contribution is 0.567. The summed E-state index contributed by atoms with van der Waals surface area (Å²) in [4.78, 5) is 6.31. The third kappa shape index (κ3) is 2.93. The summed E-state index contributed by atoms with van der Waals surface area (Å²) in [7, 11) is -3.96. The van der Waals surface area contributed by atoms with Crippen LogP contribution in [0.15, 0.2) is 64.5 Å². The Balaban J connectivity index is 1.80. The Bertz CT molecular complexity index is 1060. The van der Waals surface area contributed by atoms with Gasteiger partial charge in [-0.25, -0.2) is 12.8 Å². The van der Waals surface area contributed by atoms with E-state index in [1.165, 1.54) is 24.4 Å². The van der Waals surface area contributed by atoms with E-state index in [4.69, 9.17) is 0 Å². The number of anilines is 1. The Labute approximate surface area is 151 Å². The molecule has 2 aromatic carbocycles. The van der Waals surface area contributed by atoms with E-state index < -0.39 is 15.7 Å². The maximum absolute atomic E-state index is 14.0. The smallest absolute Gasteiger partial charge is 0.211 e. The van der Waals surface area contributed by atoms with Crippen LogP contribution in [0.25, 0.3) is 10.9 Å². The maximum Gasteiger partial charge on any atom is 0.211 e. The number of aromatic nitrogens is 1. The number of rotatable bonds is 3. The molecule has 2 heterocycles. The number of halogens is 1. The molecule has 1 fully saturated rings. The summed E-state index contributed by atoms with van der Waals surface area (Å²) in [5.74, 6) is -0.762. The first kappa shape index (κ1) is 16.9. The van der Waals surface area contributed by atoms with E-state index in [2.05, 4.69) is 15.2 Å². The highest BCUT2D eigenvalue weighted by atomic mass is 32.2. The van der Waals surface area contributed by atoms with Gasteiger partial charge in [-0.05, 0) is 24.3 Å². The van der Waals surface area contributed by atoms with Crippen molar-refractivity contribution >= 4 is 26.4 Å². The molecule has 5 nitrogen and oxygen atoms in total. The topological polar surface area (TPSA) is 62.3 Å². The van der Waals surface area contributed by atoms with E-state index in [-0.39, 0.29) is 9.79 Å². The highest BCUT2D eigenvalue weighted by molar-refractivity contribution is 7.91. The highest BCUT2D eigenvalue weighted by Gasteiger charge is 2.23. The van der Waals surface area contributed by atoms with E-state index >= 15 is 0 Å². The molecular weight excluding hydrogens is 353 g/mol. The van der Waals surface area contributed by atoms with Crippen molar-refractivity contribution in [1.82, 2.24) is 10.3 Å². The van der Waals surface area contributed by atoms with Crippen LogP contribution in [0, 0.1) is 5.82 Å². The van der Waals surface area contributed by atoms with Crippen molar-refractivity contribution in [3.8, 4) is 0 Å². The van der Waals surface area contributed by atoms with Crippen LogP contribution in [0.5, 0.6) is 0 Å². The summed E-state index contributed by atoms with van der Waals surface area (Å²) in [6, 6.07) is 12.7. The zero-order chi connectivity index (χ0) is 18.1. The molecule has 1 aromatic heterocycles. The normalized spacial score (nSPS) is 15.3. The molecule has 134 valence electrons. The van der Waals surface area contributed by atoms with Crippen molar-refractivity contribution in [3.63, 3.8) is 0 Å². The molecule has 4 rings (SSSR count). The Morgan fingerprint density at radius 3 is 2.58 bits per heavy atom. The van der Waals surface area contributed by atoms with Crippen molar-refractivity contribution in [1.29, 1.82) is 0 Å². The first-order valence-electron chi connectivity index (χ1n) is 8.41. The largest absolute Gasteiger partial charge is 0.367 e. The number of hydrogen-bond acceptors (Lipinski definition) is 5. The average molecular weight is 371 g/mol. The predicted octanol–water partition coefficient (Wildman–Crippen LogP) is 2.62. The van der Waals surface area contributed by atoms with Gasteiger partial charge < -0.3 is 10.2 Å². The standard InChI is InChI=1S/C19H18FN3O2S/c20-16-5-1-2-7-18(16)26(24,25)15-12-14-4-3-6-17(19(14)22-13-15)23-10-8-21-9-11-23/h1-7,12-13,21H,8-11H2. The molecular formula is C19H18FN3O2S. The Morgan fingerprint density at radius 2 is 1.81 bits per heavy atom. The molecule has 0 aliphatic carbocycles. The fourth-order valence-corrected chi connectivity index (χ4v) is 4.53. The fraction of sp³-hybridized carbons (Fsp3) is 0.211. The quantitative estimate of drug-likeness (QED) is 0.767. The molecule has 0 saturated carbocycles. The number of nitrogens with one attached hydrogen (secondary N) is 1. The molecule has 0 spiro atoms. The predicted molar refractivity (Wildman–Crippen MR) is 98.7 cm³/mol. The SMILES string of the molecule is O=S(=O)(c1cnc2c(N3CCNCC3)cccc2c1)c1ccccc1F. The number of sulfone groups is 1. The summed E-state index contributed by atoms with van der Waals surface area (Å²) in [5.41, 5.74) is 1.74. The maximum atomic E-state index is 14.0. The third-order valence-corrected chi connectivity index (χ3v) is 6.31. The van der Waals surface area contributed by atoms with Crippen LogP contribution >= 0.6 is 0 Å². The molecule has 0 radical (unpaired) electrons. The van der Waals surface area contributed by atoms with E-state index in [0.717, 1.165) is 48.8 Å². The number of para-hydroxylation sites is 1. The minimum atomic E-state index is -3.96. The molecule has 26 heavy (non-hydrogen) atoms. The van der Waals surface area contributed by atoms with Gasteiger partial charge in [-0.2, -0.15) is 0 Å². The monoisotopic (exact) mass is 371 g/mol. The zero-order valence-corrected chi connectivity index (χ0v) is 14.8. The number of pyridine rings is 1. The van der Waals surface area contributed by atoms with Gasteiger partial charge in [0.15, 0.2) is 0 Å². The summed E-state index contributed by atoms with van der Waals surface area (Å²) in [6.07, 6.45) is 1.32. The number of fused-ring (bicyclic) bond motifs is 1. The molecule has 1 N–H and O–H groups in total. The van der Waals surface area contributed by atoms with Crippen LogP contribution in [0.3, 0.4) is 0 Å². The van der Waals surface area contributed by atoms with Crippen molar-refractivity contribution < 1.29 is 12.8 Å². The van der Waals surface area contributed by atoms with Crippen molar-refractivity contribution in [2.45, 2.75) is 9.79 Å². The molecule has 1 aliphatic heterocycles. The van der Waals surface area contributed by atoms with E-state index in [9.17, 15) is 12.8 Å². The van der Waals surface area contributed by atoms with Gasteiger partial charge in [0.25, 0.3) is 0 Å². The van der Waals surface area contributed by atoms with Crippen LogP contribution in [-0.2, 0) is 9.84 Å². The molecule has 0 unspecified atom stereocenters. The van der Waals surface area contributed by atoms with Crippen LogP contribution in [0.4, 0.5) is 10.1 Å². The highest BCUT2D eigenvalue weighted by Crippen LogP contribution is 2.29. The van der Waals surface area contributed by atoms with E-state index in [1.54, 1.807) is 6.07 Å². The first-order valence-corrected chi connectivity index (χ1v) is 9.90. The molecule has 0 amide bonds. The lowest BCUT2D eigenvalue weighted by Gasteiger charge is -2.30. The Morgan fingerprint density at radius 1 is 1.04 bits per heavy atom. The fourth-order valence-electron chi connectivity index (χ4n) is 3.22. The van der Waals surface area contributed by atoms with Crippen molar-refractivity contribution in [3.05, 3.63) is 60.5 Å². The summed E-state index contributed by atoms with van der Waals surface area (Å²) < 4.78 is 39.6. The van der Waals surface area contributed by atoms with Crippen LogP contribution in [0.1, 0.15) is 0 Å².